The van der Waals surface area contributed by atoms with Gasteiger partial charge in [0.15, 0.2) is 0 Å². The van der Waals surface area contributed by atoms with Crippen molar-refractivity contribution in [3.63, 3.8) is 0 Å². The molecule has 1 N–H and O–H groups in total. The number of halogens is 4. The number of nitrogens with zero attached hydrogens (tertiary/aromatic N) is 3. The van der Waals surface area contributed by atoms with E-state index in [9.17, 15) is 32.5 Å². The van der Waals surface area contributed by atoms with Crippen LogP contribution in [0.15, 0.2) is 36.4 Å². The Hall–Kier alpha value is -3.96. The normalized spacial score (nSPS) is 11.9. The summed E-state index contributed by atoms with van der Waals surface area (Å²) in [5.74, 6) is -2.60. The molecule has 186 valence electrons. The number of nitro groups is 1. The van der Waals surface area contributed by atoms with Crippen molar-refractivity contribution in [2.24, 2.45) is 7.05 Å². The van der Waals surface area contributed by atoms with Gasteiger partial charge in [-0.05, 0) is 30.7 Å². The van der Waals surface area contributed by atoms with Crippen molar-refractivity contribution in [3.05, 3.63) is 69.3 Å². The van der Waals surface area contributed by atoms with Gasteiger partial charge in [0.25, 0.3) is 11.6 Å². The molecular formula is C23H22F4N4O4. The maximum Gasteiger partial charge on any atom is 0.573 e. The summed E-state index contributed by atoms with van der Waals surface area (Å²) < 4.78 is 58.1. The molecule has 0 atom stereocenters. The molecule has 12 heteroatoms. The summed E-state index contributed by atoms with van der Waals surface area (Å²) in [5.41, 5.74) is -0.623. The number of hydrogen-bond acceptors (Lipinski definition) is 5. The zero-order valence-electron chi connectivity index (χ0n) is 19.5. The maximum atomic E-state index is 14.5. The molecule has 0 saturated carbocycles. The van der Waals surface area contributed by atoms with E-state index in [1.54, 1.807) is 14.0 Å². The summed E-state index contributed by atoms with van der Waals surface area (Å²) in [5, 5.41) is 18.6. The zero-order chi connectivity index (χ0) is 26.3. The fourth-order valence-corrected chi connectivity index (χ4v) is 3.78. The van der Waals surface area contributed by atoms with Crippen molar-refractivity contribution >= 4 is 17.3 Å². The molecule has 0 radical (unpaired) electrons. The van der Waals surface area contributed by atoms with Gasteiger partial charge in [-0.2, -0.15) is 5.10 Å². The zero-order valence-corrected chi connectivity index (χ0v) is 19.5. The van der Waals surface area contributed by atoms with Crippen molar-refractivity contribution in [3.8, 4) is 16.9 Å². The van der Waals surface area contributed by atoms with E-state index in [0.29, 0.717) is 11.3 Å². The first-order valence-electron chi connectivity index (χ1n) is 10.3. The van der Waals surface area contributed by atoms with Gasteiger partial charge in [-0.15, -0.1) is 13.2 Å². The average molecular weight is 494 g/mol. The van der Waals surface area contributed by atoms with Crippen molar-refractivity contribution in [2.75, 3.05) is 5.32 Å². The number of alkyl halides is 3. The Bertz CT molecular complexity index is 1310. The molecule has 0 fully saturated rings. The van der Waals surface area contributed by atoms with E-state index >= 15 is 0 Å². The van der Waals surface area contributed by atoms with Crippen molar-refractivity contribution in [1.29, 1.82) is 0 Å². The molecule has 0 unspecified atom stereocenters. The number of aromatic nitrogens is 2. The van der Waals surface area contributed by atoms with Gasteiger partial charge in [0.05, 0.1) is 16.2 Å². The van der Waals surface area contributed by atoms with Gasteiger partial charge in [-0.1, -0.05) is 32.9 Å². The van der Waals surface area contributed by atoms with Crippen LogP contribution in [0.25, 0.3) is 11.1 Å². The quantitative estimate of drug-likeness (QED) is 0.271. The van der Waals surface area contributed by atoms with Gasteiger partial charge in [0.2, 0.25) is 0 Å². The summed E-state index contributed by atoms with van der Waals surface area (Å²) in [6.45, 7) is 7.48. The minimum atomic E-state index is -5.10. The van der Waals surface area contributed by atoms with Crippen molar-refractivity contribution < 1.29 is 32.0 Å². The summed E-state index contributed by atoms with van der Waals surface area (Å²) in [6, 6.07) is 5.95. The summed E-state index contributed by atoms with van der Waals surface area (Å²) in [4.78, 5) is 23.9. The van der Waals surface area contributed by atoms with Crippen LogP contribution < -0.4 is 10.1 Å². The second kappa shape index (κ2) is 9.01. The number of anilines is 1. The van der Waals surface area contributed by atoms with Crippen LogP contribution in [0.1, 0.15) is 42.5 Å². The molecule has 8 nitrogen and oxygen atoms in total. The largest absolute Gasteiger partial charge is 0.573 e. The van der Waals surface area contributed by atoms with Gasteiger partial charge in [-0.25, -0.2) is 4.39 Å². The number of benzene rings is 2. The van der Waals surface area contributed by atoms with Crippen LogP contribution in [-0.4, -0.2) is 27.0 Å². The van der Waals surface area contributed by atoms with E-state index in [1.165, 1.54) is 4.68 Å². The minimum Gasteiger partial charge on any atom is -0.405 e. The molecule has 35 heavy (non-hydrogen) atoms. The standard InChI is InChI=1S/C23H22F4N4O4/c1-12-19(30(5)29-20(12)22(2,3)4)21(32)28-15-10-9-13(11-16(15)31(33)34)18-14(24)7-6-8-17(18)35-23(25,26)27/h6-11H,1-5H3,(H,28,32). The first kappa shape index (κ1) is 25.7. The fraction of sp³-hybridized carbons (Fsp3) is 0.304. The number of aryl methyl sites for hydroxylation is 1. The lowest BCUT2D eigenvalue weighted by molar-refractivity contribution is -0.383. The summed E-state index contributed by atoms with van der Waals surface area (Å²) >= 11 is 0. The highest BCUT2D eigenvalue weighted by Gasteiger charge is 2.33. The van der Waals surface area contributed by atoms with Gasteiger partial charge in [0.1, 0.15) is 22.9 Å². The highest BCUT2D eigenvalue weighted by molar-refractivity contribution is 6.05. The molecule has 0 aliphatic rings. The Morgan fingerprint density at radius 1 is 1.17 bits per heavy atom. The predicted octanol–water partition coefficient (Wildman–Crippen LogP) is 5.89. The van der Waals surface area contributed by atoms with Crippen molar-refractivity contribution in [2.45, 2.75) is 39.5 Å². The number of nitrogens with one attached hydrogen (secondary N) is 1. The third-order valence-corrected chi connectivity index (χ3v) is 5.14. The van der Waals surface area contributed by atoms with Gasteiger partial charge < -0.3 is 10.1 Å². The molecule has 0 bridgehead atoms. The molecule has 0 saturated heterocycles. The van der Waals surface area contributed by atoms with Crippen LogP contribution in [0, 0.1) is 22.9 Å². The molecular weight excluding hydrogens is 472 g/mol. The van der Waals surface area contributed by atoms with E-state index in [-0.39, 0.29) is 22.4 Å². The number of ether oxygens (including phenoxy) is 1. The molecule has 0 aliphatic carbocycles. The SMILES string of the molecule is Cc1c(C(C)(C)C)nn(C)c1C(=O)Nc1ccc(-c2c(F)cccc2OC(F)(F)F)cc1[N+](=O)[O-]. The topological polar surface area (TPSA) is 99.3 Å². The molecule has 3 rings (SSSR count). The Labute approximate surface area is 197 Å². The smallest absolute Gasteiger partial charge is 0.405 e. The highest BCUT2D eigenvalue weighted by Crippen LogP contribution is 2.39. The van der Waals surface area contributed by atoms with Gasteiger partial charge in [-0.3, -0.25) is 19.6 Å². The molecule has 1 amide bonds. The number of rotatable bonds is 5. The lowest BCUT2D eigenvalue weighted by Crippen LogP contribution is -2.18. The van der Waals surface area contributed by atoms with Crippen LogP contribution in [0.3, 0.4) is 0 Å². The molecule has 3 aromatic rings. The van der Waals surface area contributed by atoms with E-state index < -0.39 is 40.0 Å². The number of nitro benzene ring substituents is 1. The molecule has 2 aromatic carbocycles. The molecule has 0 spiro atoms. The summed E-state index contributed by atoms with van der Waals surface area (Å²) in [6.07, 6.45) is -5.10. The first-order chi connectivity index (χ1) is 16.1. The second-order valence-electron chi connectivity index (χ2n) is 8.80. The van der Waals surface area contributed by atoms with E-state index in [1.807, 2.05) is 20.8 Å². The molecule has 0 aliphatic heterocycles. The van der Waals surface area contributed by atoms with Crippen LogP contribution in [0.4, 0.5) is 28.9 Å². The molecule has 1 heterocycles. The lowest BCUT2D eigenvalue weighted by atomic mass is 9.89. The van der Waals surface area contributed by atoms with E-state index in [4.69, 9.17) is 0 Å². The van der Waals surface area contributed by atoms with Crippen LogP contribution >= 0.6 is 0 Å². The summed E-state index contributed by atoms with van der Waals surface area (Å²) in [7, 11) is 1.56. The monoisotopic (exact) mass is 494 g/mol. The Kier molecular flexibility index (Phi) is 6.60. The van der Waals surface area contributed by atoms with E-state index in [2.05, 4.69) is 15.2 Å². The van der Waals surface area contributed by atoms with Gasteiger partial charge in [0, 0.05) is 24.1 Å². The maximum absolute atomic E-state index is 14.5. The Morgan fingerprint density at radius 2 is 1.83 bits per heavy atom. The van der Waals surface area contributed by atoms with Crippen LogP contribution in [0.5, 0.6) is 5.75 Å². The minimum absolute atomic E-state index is 0.184. The van der Waals surface area contributed by atoms with Crippen LogP contribution in [0.2, 0.25) is 0 Å². The lowest BCUT2D eigenvalue weighted by Gasteiger charge is -2.16. The highest BCUT2D eigenvalue weighted by atomic mass is 19.4. The number of hydrogen-bond donors (Lipinski definition) is 1. The number of carbonyl (C=O) groups excluding carboxylic acids is 1. The molecule has 1 aromatic heterocycles. The number of carbonyl (C=O) groups is 1. The average Bonchev–Trinajstić information content (AvgIpc) is 3.02. The second-order valence-corrected chi connectivity index (χ2v) is 8.80. The predicted molar refractivity (Wildman–Crippen MR) is 120 cm³/mol. The first-order valence-corrected chi connectivity index (χ1v) is 10.3. The third kappa shape index (κ3) is 5.42. The third-order valence-electron chi connectivity index (χ3n) is 5.14. The van der Waals surface area contributed by atoms with E-state index in [0.717, 1.165) is 36.4 Å². The Balaban J connectivity index is 2.04. The van der Waals surface area contributed by atoms with Gasteiger partial charge >= 0.3 is 6.36 Å². The fourth-order valence-electron chi connectivity index (χ4n) is 3.78. The number of amides is 1. The Morgan fingerprint density at radius 3 is 2.37 bits per heavy atom. The van der Waals surface area contributed by atoms with Crippen molar-refractivity contribution in [1.82, 2.24) is 9.78 Å². The van der Waals surface area contributed by atoms with Crippen LogP contribution in [-0.2, 0) is 12.5 Å².